The number of halogens is 1. The average Bonchev–Trinajstić information content (AvgIpc) is 2.69. The summed E-state index contributed by atoms with van der Waals surface area (Å²) in [6, 6.07) is 13.9. The van der Waals surface area contributed by atoms with E-state index in [0.717, 1.165) is 5.56 Å². The van der Waals surface area contributed by atoms with Crippen LogP contribution in [0.3, 0.4) is 0 Å². The summed E-state index contributed by atoms with van der Waals surface area (Å²) >= 11 is 5.81. The number of carbonyl (C=O) groups is 2. The van der Waals surface area contributed by atoms with E-state index in [1.54, 1.807) is 41.3 Å². The van der Waals surface area contributed by atoms with Crippen molar-refractivity contribution in [3.8, 4) is 5.75 Å². The number of ether oxygens (including phenoxy) is 1. The molecular formula is C20H18ClN3O3. The van der Waals surface area contributed by atoms with Gasteiger partial charge in [-0.25, -0.2) is 4.85 Å². The first-order valence-corrected chi connectivity index (χ1v) is 8.83. The lowest BCUT2D eigenvalue weighted by Crippen LogP contribution is -2.52. The Balaban J connectivity index is 1.49. The molecule has 0 bridgehead atoms. The highest BCUT2D eigenvalue weighted by Gasteiger charge is 2.27. The van der Waals surface area contributed by atoms with Gasteiger partial charge in [0.1, 0.15) is 5.75 Å². The minimum absolute atomic E-state index is 0.0446. The van der Waals surface area contributed by atoms with Crippen LogP contribution in [0.5, 0.6) is 5.75 Å². The number of hydrogen-bond acceptors (Lipinski definition) is 3. The second kappa shape index (κ2) is 8.56. The Hall–Kier alpha value is -3.04. The summed E-state index contributed by atoms with van der Waals surface area (Å²) in [5.74, 6) is 0.232. The molecule has 1 aliphatic rings. The Morgan fingerprint density at radius 2 is 1.81 bits per heavy atom. The zero-order valence-electron chi connectivity index (χ0n) is 14.6. The molecule has 0 atom stereocenters. The lowest BCUT2D eigenvalue weighted by atomic mass is 10.1. The maximum Gasteiger partial charge on any atom is 0.261 e. The molecule has 7 heteroatoms. The van der Waals surface area contributed by atoms with Gasteiger partial charge in [0.25, 0.3) is 5.91 Å². The van der Waals surface area contributed by atoms with Crippen LogP contribution in [0.25, 0.3) is 4.85 Å². The number of amides is 2. The highest BCUT2D eigenvalue weighted by Crippen LogP contribution is 2.17. The molecule has 0 aromatic heterocycles. The van der Waals surface area contributed by atoms with E-state index in [9.17, 15) is 9.59 Å². The Kier molecular flexibility index (Phi) is 5.94. The van der Waals surface area contributed by atoms with E-state index in [4.69, 9.17) is 22.9 Å². The molecule has 1 saturated heterocycles. The van der Waals surface area contributed by atoms with Crippen LogP contribution in [0.15, 0.2) is 48.5 Å². The van der Waals surface area contributed by atoms with E-state index in [0.29, 0.717) is 36.1 Å². The van der Waals surface area contributed by atoms with Crippen LogP contribution in [-0.4, -0.2) is 47.9 Å². The smallest absolute Gasteiger partial charge is 0.261 e. The van der Waals surface area contributed by atoms with Gasteiger partial charge in [0, 0.05) is 24.7 Å². The number of hydrogen-bond donors (Lipinski definition) is 0. The van der Waals surface area contributed by atoms with Gasteiger partial charge in [0.2, 0.25) is 5.91 Å². The second-order valence-electron chi connectivity index (χ2n) is 6.15. The second-order valence-corrected chi connectivity index (χ2v) is 6.59. The number of benzene rings is 2. The number of piperazine rings is 1. The minimum Gasteiger partial charge on any atom is -0.484 e. The van der Waals surface area contributed by atoms with E-state index in [2.05, 4.69) is 4.85 Å². The standard InChI is InChI=1S/C20H18ClN3O3/c1-22-17-6-2-15(3-7-17)12-23-10-11-24(13-19(23)25)20(26)14-27-18-8-4-16(21)5-9-18/h2-9H,10-14H2. The third-order valence-corrected chi connectivity index (χ3v) is 4.54. The summed E-state index contributed by atoms with van der Waals surface area (Å²) in [5, 5.41) is 0.596. The molecule has 0 radical (unpaired) electrons. The monoisotopic (exact) mass is 383 g/mol. The van der Waals surface area contributed by atoms with Gasteiger partial charge in [0.05, 0.1) is 13.1 Å². The first kappa shape index (κ1) is 18.7. The van der Waals surface area contributed by atoms with Crippen molar-refractivity contribution in [2.45, 2.75) is 6.54 Å². The van der Waals surface area contributed by atoms with Gasteiger partial charge >= 0.3 is 0 Å². The Bertz CT molecular complexity index is 860. The van der Waals surface area contributed by atoms with Crippen molar-refractivity contribution >= 4 is 29.1 Å². The van der Waals surface area contributed by atoms with Crippen LogP contribution in [0.2, 0.25) is 5.02 Å². The van der Waals surface area contributed by atoms with Gasteiger partial charge in [-0.15, -0.1) is 0 Å². The molecule has 0 unspecified atom stereocenters. The zero-order valence-corrected chi connectivity index (χ0v) is 15.4. The molecule has 2 aromatic carbocycles. The van der Waals surface area contributed by atoms with Crippen molar-refractivity contribution < 1.29 is 14.3 Å². The van der Waals surface area contributed by atoms with Gasteiger partial charge in [0.15, 0.2) is 12.3 Å². The highest BCUT2D eigenvalue weighted by atomic mass is 35.5. The topological polar surface area (TPSA) is 54.2 Å². The Morgan fingerprint density at radius 3 is 2.44 bits per heavy atom. The third kappa shape index (κ3) is 4.99. The third-order valence-electron chi connectivity index (χ3n) is 4.29. The van der Waals surface area contributed by atoms with E-state index in [1.165, 1.54) is 4.90 Å². The molecule has 0 N–H and O–H groups in total. The molecule has 3 rings (SSSR count). The number of nitrogens with zero attached hydrogens (tertiary/aromatic N) is 3. The van der Waals surface area contributed by atoms with Gasteiger partial charge in [-0.3, -0.25) is 9.59 Å². The van der Waals surface area contributed by atoms with E-state index >= 15 is 0 Å². The molecule has 1 aliphatic heterocycles. The van der Waals surface area contributed by atoms with Crippen molar-refractivity contribution in [2.75, 3.05) is 26.2 Å². The summed E-state index contributed by atoms with van der Waals surface area (Å²) < 4.78 is 5.46. The van der Waals surface area contributed by atoms with Crippen molar-refractivity contribution in [2.24, 2.45) is 0 Å². The van der Waals surface area contributed by atoms with Gasteiger partial charge in [-0.2, -0.15) is 0 Å². The summed E-state index contributed by atoms with van der Waals surface area (Å²) in [6.07, 6.45) is 0. The largest absolute Gasteiger partial charge is 0.484 e. The maximum atomic E-state index is 12.4. The Morgan fingerprint density at radius 1 is 1.11 bits per heavy atom. The van der Waals surface area contributed by atoms with Crippen LogP contribution in [-0.2, 0) is 16.1 Å². The predicted octanol–water partition coefficient (Wildman–Crippen LogP) is 3.14. The molecular weight excluding hydrogens is 366 g/mol. The van der Waals surface area contributed by atoms with Crippen molar-refractivity contribution in [3.05, 3.63) is 70.5 Å². The lowest BCUT2D eigenvalue weighted by molar-refractivity contribution is -0.146. The first-order valence-electron chi connectivity index (χ1n) is 8.45. The van der Waals surface area contributed by atoms with Crippen molar-refractivity contribution in [3.63, 3.8) is 0 Å². The number of carbonyl (C=O) groups excluding carboxylic acids is 2. The quantitative estimate of drug-likeness (QED) is 0.745. The summed E-state index contributed by atoms with van der Waals surface area (Å²) in [6.45, 7) is 8.30. The minimum atomic E-state index is -0.223. The molecule has 0 saturated carbocycles. The normalized spacial score (nSPS) is 14.0. The molecule has 6 nitrogen and oxygen atoms in total. The fraction of sp³-hybridized carbons (Fsp3) is 0.250. The summed E-state index contributed by atoms with van der Waals surface area (Å²) in [4.78, 5) is 31.3. The van der Waals surface area contributed by atoms with Crippen molar-refractivity contribution in [1.82, 2.24) is 9.80 Å². The van der Waals surface area contributed by atoms with Crippen LogP contribution in [0, 0.1) is 6.57 Å². The highest BCUT2D eigenvalue weighted by molar-refractivity contribution is 6.30. The van der Waals surface area contributed by atoms with Crippen LogP contribution in [0.1, 0.15) is 5.56 Å². The van der Waals surface area contributed by atoms with Crippen LogP contribution < -0.4 is 4.74 Å². The van der Waals surface area contributed by atoms with E-state index in [-0.39, 0.29) is 25.0 Å². The van der Waals surface area contributed by atoms with E-state index < -0.39 is 0 Å². The molecule has 2 aromatic rings. The van der Waals surface area contributed by atoms with Gasteiger partial charge in [-0.05, 0) is 29.8 Å². The molecule has 2 amide bonds. The molecule has 1 heterocycles. The summed E-state index contributed by atoms with van der Waals surface area (Å²) in [7, 11) is 0. The lowest BCUT2D eigenvalue weighted by Gasteiger charge is -2.34. The van der Waals surface area contributed by atoms with Crippen LogP contribution in [0.4, 0.5) is 5.69 Å². The average molecular weight is 384 g/mol. The molecule has 1 fully saturated rings. The summed E-state index contributed by atoms with van der Waals surface area (Å²) in [5.41, 5.74) is 1.53. The Labute approximate surface area is 162 Å². The molecule has 0 aliphatic carbocycles. The molecule has 0 spiro atoms. The molecule has 27 heavy (non-hydrogen) atoms. The first-order chi connectivity index (χ1) is 13.0. The van der Waals surface area contributed by atoms with Crippen molar-refractivity contribution in [1.29, 1.82) is 0 Å². The zero-order chi connectivity index (χ0) is 19.2. The fourth-order valence-corrected chi connectivity index (χ4v) is 2.88. The van der Waals surface area contributed by atoms with E-state index in [1.807, 2.05) is 12.1 Å². The maximum absolute atomic E-state index is 12.4. The fourth-order valence-electron chi connectivity index (χ4n) is 2.75. The SMILES string of the molecule is [C-]#[N+]c1ccc(CN2CCN(C(=O)COc3ccc(Cl)cc3)CC2=O)cc1. The molecule has 138 valence electrons. The van der Waals surface area contributed by atoms with Crippen LogP contribution >= 0.6 is 11.6 Å². The van der Waals surface area contributed by atoms with Gasteiger partial charge < -0.3 is 14.5 Å². The number of rotatable bonds is 5. The predicted molar refractivity (Wildman–Crippen MR) is 102 cm³/mol. The van der Waals surface area contributed by atoms with Gasteiger partial charge in [-0.1, -0.05) is 35.9 Å².